The monoisotopic (exact) mass is 347 g/mol. The van der Waals surface area contributed by atoms with Crippen molar-refractivity contribution in [2.24, 2.45) is 0 Å². The number of carbonyl (C=O) groups is 2. The van der Waals surface area contributed by atoms with Crippen LogP contribution >= 0.6 is 0 Å². The van der Waals surface area contributed by atoms with Crippen molar-refractivity contribution in [3.8, 4) is 0 Å². The SMILES string of the molecule is CCCCCCCCCC(=O)N1CCC(n2cc(C(C)=O)cn2)CC1. The first kappa shape index (κ1) is 19.7. The lowest BCUT2D eigenvalue weighted by Gasteiger charge is -2.32. The van der Waals surface area contributed by atoms with Gasteiger partial charge in [-0.15, -0.1) is 0 Å². The minimum Gasteiger partial charge on any atom is -0.343 e. The highest BCUT2D eigenvalue weighted by Crippen LogP contribution is 2.23. The smallest absolute Gasteiger partial charge is 0.222 e. The summed E-state index contributed by atoms with van der Waals surface area (Å²) in [6.07, 6.45) is 14.7. The van der Waals surface area contributed by atoms with Gasteiger partial charge >= 0.3 is 0 Å². The number of rotatable bonds is 10. The number of amides is 1. The largest absolute Gasteiger partial charge is 0.343 e. The van der Waals surface area contributed by atoms with Crippen molar-refractivity contribution in [2.45, 2.75) is 84.1 Å². The first-order valence-electron chi connectivity index (χ1n) is 9.94. The van der Waals surface area contributed by atoms with Crippen molar-refractivity contribution in [2.75, 3.05) is 13.1 Å². The van der Waals surface area contributed by atoms with Gasteiger partial charge in [0.2, 0.25) is 5.91 Å². The molecule has 1 saturated heterocycles. The van der Waals surface area contributed by atoms with Gasteiger partial charge in [0.15, 0.2) is 5.78 Å². The van der Waals surface area contributed by atoms with Crippen molar-refractivity contribution in [1.82, 2.24) is 14.7 Å². The maximum Gasteiger partial charge on any atom is 0.222 e. The van der Waals surface area contributed by atoms with Crippen LogP contribution in [0.2, 0.25) is 0 Å². The van der Waals surface area contributed by atoms with Gasteiger partial charge < -0.3 is 4.90 Å². The lowest BCUT2D eigenvalue weighted by molar-refractivity contribution is -0.132. The Labute approximate surface area is 151 Å². The molecule has 0 N–H and O–H groups in total. The zero-order valence-electron chi connectivity index (χ0n) is 15.9. The molecule has 1 aliphatic rings. The summed E-state index contributed by atoms with van der Waals surface area (Å²) in [5.41, 5.74) is 0.664. The van der Waals surface area contributed by atoms with E-state index in [0.29, 0.717) is 23.9 Å². The van der Waals surface area contributed by atoms with Crippen LogP contribution in [-0.2, 0) is 4.79 Å². The van der Waals surface area contributed by atoms with Gasteiger partial charge in [0.25, 0.3) is 0 Å². The van der Waals surface area contributed by atoms with Crippen molar-refractivity contribution in [1.29, 1.82) is 0 Å². The summed E-state index contributed by atoms with van der Waals surface area (Å²) < 4.78 is 1.90. The Morgan fingerprint density at radius 2 is 1.72 bits per heavy atom. The summed E-state index contributed by atoms with van der Waals surface area (Å²) in [6.45, 7) is 5.40. The van der Waals surface area contributed by atoms with Crippen LogP contribution in [0.25, 0.3) is 0 Å². The van der Waals surface area contributed by atoms with Crippen molar-refractivity contribution < 1.29 is 9.59 Å². The quantitative estimate of drug-likeness (QED) is 0.466. The molecule has 0 bridgehead atoms. The van der Waals surface area contributed by atoms with E-state index in [4.69, 9.17) is 0 Å². The molecule has 25 heavy (non-hydrogen) atoms. The topological polar surface area (TPSA) is 55.2 Å². The molecule has 140 valence electrons. The van der Waals surface area contributed by atoms with Crippen LogP contribution in [0.15, 0.2) is 12.4 Å². The van der Waals surface area contributed by atoms with Crippen molar-refractivity contribution in [3.63, 3.8) is 0 Å². The van der Waals surface area contributed by atoms with Crippen LogP contribution in [0.4, 0.5) is 0 Å². The normalized spacial score (nSPS) is 15.5. The molecular formula is C20H33N3O2. The fourth-order valence-corrected chi connectivity index (χ4v) is 3.49. The molecule has 0 unspecified atom stereocenters. The Balaban J connectivity index is 1.63. The second kappa shape index (κ2) is 10.4. The van der Waals surface area contributed by atoms with Crippen LogP contribution < -0.4 is 0 Å². The number of aromatic nitrogens is 2. The summed E-state index contributed by atoms with van der Waals surface area (Å²) in [5, 5.41) is 4.31. The molecule has 1 amide bonds. The summed E-state index contributed by atoms with van der Waals surface area (Å²) in [4.78, 5) is 25.7. The van der Waals surface area contributed by atoms with Gasteiger partial charge in [-0.25, -0.2) is 0 Å². The number of nitrogens with zero attached hydrogens (tertiary/aromatic N) is 3. The Hall–Kier alpha value is -1.65. The number of hydrogen-bond acceptors (Lipinski definition) is 3. The first-order valence-corrected chi connectivity index (χ1v) is 9.94. The van der Waals surface area contributed by atoms with Gasteiger partial charge in [-0.1, -0.05) is 45.4 Å². The Morgan fingerprint density at radius 3 is 2.32 bits per heavy atom. The van der Waals surface area contributed by atoms with Gasteiger partial charge in [-0.2, -0.15) is 5.10 Å². The minimum absolute atomic E-state index is 0.0496. The van der Waals surface area contributed by atoms with Crippen LogP contribution in [0.1, 0.15) is 94.5 Å². The summed E-state index contributed by atoms with van der Waals surface area (Å²) >= 11 is 0. The van der Waals surface area contributed by atoms with Crippen LogP contribution in [0, 0.1) is 0 Å². The number of hydrogen-bond donors (Lipinski definition) is 0. The molecule has 2 rings (SSSR count). The number of piperidine rings is 1. The van der Waals surface area contributed by atoms with E-state index in [1.807, 2.05) is 15.8 Å². The molecule has 0 atom stereocenters. The molecule has 1 fully saturated rings. The third kappa shape index (κ3) is 6.29. The van der Waals surface area contributed by atoms with E-state index >= 15 is 0 Å². The van der Waals surface area contributed by atoms with Gasteiger partial charge in [-0.3, -0.25) is 14.3 Å². The Bertz CT molecular complexity index is 545. The third-order valence-corrected chi connectivity index (χ3v) is 5.19. The highest BCUT2D eigenvalue weighted by molar-refractivity contribution is 5.93. The fourth-order valence-electron chi connectivity index (χ4n) is 3.49. The maximum atomic E-state index is 12.3. The van der Waals surface area contributed by atoms with Gasteiger partial charge in [0.05, 0.1) is 17.8 Å². The summed E-state index contributed by atoms with van der Waals surface area (Å²) in [6, 6.07) is 0.302. The van der Waals surface area contributed by atoms with Crippen LogP contribution in [0.5, 0.6) is 0 Å². The number of Topliss-reactive ketones (excluding diaryl/α,β-unsaturated/α-hetero) is 1. The second-order valence-electron chi connectivity index (χ2n) is 7.25. The van der Waals surface area contributed by atoms with E-state index in [9.17, 15) is 9.59 Å². The van der Waals surface area contributed by atoms with Crippen LogP contribution in [0.3, 0.4) is 0 Å². The lowest BCUT2D eigenvalue weighted by Crippen LogP contribution is -2.39. The van der Waals surface area contributed by atoms with E-state index in [1.54, 1.807) is 13.1 Å². The zero-order chi connectivity index (χ0) is 18.1. The molecule has 0 aromatic carbocycles. The predicted molar refractivity (Wildman–Crippen MR) is 99.7 cm³/mol. The number of likely N-dealkylation sites (tertiary alicyclic amines) is 1. The molecule has 0 spiro atoms. The highest BCUT2D eigenvalue weighted by Gasteiger charge is 2.24. The highest BCUT2D eigenvalue weighted by atomic mass is 16.2. The molecule has 5 nitrogen and oxygen atoms in total. The molecular weight excluding hydrogens is 314 g/mol. The number of carbonyl (C=O) groups excluding carboxylic acids is 2. The number of ketones is 1. The van der Waals surface area contributed by atoms with Gasteiger partial charge in [0.1, 0.15) is 0 Å². The standard InChI is InChI=1S/C20H33N3O2/c1-3-4-5-6-7-8-9-10-20(25)22-13-11-19(12-14-22)23-16-18(15-21-23)17(2)24/h15-16,19H,3-14H2,1-2H3. The van der Waals surface area contributed by atoms with Crippen molar-refractivity contribution >= 4 is 11.7 Å². The van der Waals surface area contributed by atoms with Gasteiger partial charge in [0, 0.05) is 25.7 Å². The molecule has 1 aliphatic heterocycles. The van der Waals surface area contributed by atoms with E-state index < -0.39 is 0 Å². The summed E-state index contributed by atoms with van der Waals surface area (Å²) in [5.74, 6) is 0.352. The van der Waals surface area contributed by atoms with E-state index in [0.717, 1.165) is 32.4 Å². The Morgan fingerprint density at radius 1 is 1.08 bits per heavy atom. The lowest BCUT2D eigenvalue weighted by atomic mass is 10.0. The molecule has 1 aromatic heterocycles. The number of unbranched alkanes of at least 4 members (excludes halogenated alkanes) is 6. The fraction of sp³-hybridized carbons (Fsp3) is 0.750. The molecule has 0 saturated carbocycles. The third-order valence-electron chi connectivity index (χ3n) is 5.19. The molecule has 1 aromatic rings. The van der Waals surface area contributed by atoms with E-state index in [2.05, 4.69) is 12.0 Å². The first-order chi connectivity index (χ1) is 12.1. The Kier molecular flexibility index (Phi) is 8.16. The zero-order valence-corrected chi connectivity index (χ0v) is 15.9. The van der Waals surface area contributed by atoms with Crippen LogP contribution in [-0.4, -0.2) is 39.5 Å². The minimum atomic E-state index is 0.0496. The molecule has 5 heteroatoms. The average Bonchev–Trinajstić information content (AvgIpc) is 3.11. The molecule has 0 radical (unpaired) electrons. The molecule has 2 heterocycles. The van der Waals surface area contributed by atoms with Crippen molar-refractivity contribution in [3.05, 3.63) is 18.0 Å². The molecule has 0 aliphatic carbocycles. The van der Waals surface area contributed by atoms with E-state index in [-0.39, 0.29) is 5.78 Å². The predicted octanol–water partition coefficient (Wildman–Crippen LogP) is 4.39. The summed E-state index contributed by atoms with van der Waals surface area (Å²) in [7, 11) is 0. The maximum absolute atomic E-state index is 12.3. The van der Waals surface area contributed by atoms with Gasteiger partial charge in [-0.05, 0) is 26.2 Å². The average molecular weight is 348 g/mol. The van der Waals surface area contributed by atoms with E-state index in [1.165, 1.54) is 38.5 Å². The second-order valence-corrected chi connectivity index (χ2v) is 7.25.